The summed E-state index contributed by atoms with van der Waals surface area (Å²) in [6, 6.07) is 2.21. The first kappa shape index (κ1) is 13.1. The van der Waals surface area contributed by atoms with Gasteiger partial charge in [-0.15, -0.1) is 11.3 Å². The zero-order valence-corrected chi connectivity index (χ0v) is 12.1. The molecule has 0 bridgehead atoms. The SMILES string of the molecule is CCN(CC)C(C#N)c1c(C)nc2scc(C)n12. The summed E-state index contributed by atoms with van der Waals surface area (Å²) in [7, 11) is 0. The minimum atomic E-state index is -0.219. The van der Waals surface area contributed by atoms with E-state index in [-0.39, 0.29) is 6.04 Å². The molecule has 0 amide bonds. The molecule has 1 unspecified atom stereocenters. The molecule has 0 spiro atoms. The summed E-state index contributed by atoms with van der Waals surface area (Å²) < 4.78 is 2.12. The van der Waals surface area contributed by atoms with Crippen molar-refractivity contribution in [3.05, 3.63) is 22.5 Å². The fraction of sp³-hybridized carbons (Fsp3) is 0.538. The van der Waals surface area contributed by atoms with Crippen LogP contribution in [0.1, 0.15) is 37.0 Å². The molecule has 2 rings (SSSR count). The van der Waals surface area contributed by atoms with Crippen LogP contribution in [0, 0.1) is 25.2 Å². The second kappa shape index (κ2) is 5.09. The van der Waals surface area contributed by atoms with Crippen LogP contribution >= 0.6 is 11.3 Å². The molecule has 0 aliphatic heterocycles. The van der Waals surface area contributed by atoms with Crippen LogP contribution in [-0.4, -0.2) is 27.4 Å². The van der Waals surface area contributed by atoms with Gasteiger partial charge >= 0.3 is 0 Å². The van der Waals surface area contributed by atoms with Crippen molar-refractivity contribution in [2.45, 2.75) is 33.7 Å². The summed E-state index contributed by atoms with van der Waals surface area (Å²) in [4.78, 5) is 7.70. The van der Waals surface area contributed by atoms with E-state index >= 15 is 0 Å². The van der Waals surface area contributed by atoms with Crippen molar-refractivity contribution in [1.82, 2.24) is 14.3 Å². The Hall–Kier alpha value is -1.38. The van der Waals surface area contributed by atoms with Crippen LogP contribution in [0.4, 0.5) is 0 Å². The Kier molecular flexibility index (Phi) is 3.69. The summed E-state index contributed by atoms with van der Waals surface area (Å²) in [5.74, 6) is 0. The molecule has 0 N–H and O–H groups in total. The highest BCUT2D eigenvalue weighted by atomic mass is 32.1. The smallest absolute Gasteiger partial charge is 0.194 e. The number of aromatic nitrogens is 2. The molecule has 96 valence electrons. The van der Waals surface area contributed by atoms with Crippen LogP contribution in [0.15, 0.2) is 5.38 Å². The van der Waals surface area contributed by atoms with Crippen molar-refractivity contribution >= 4 is 16.3 Å². The maximum atomic E-state index is 9.51. The van der Waals surface area contributed by atoms with Crippen molar-refractivity contribution in [2.24, 2.45) is 0 Å². The Labute approximate surface area is 111 Å². The van der Waals surface area contributed by atoms with E-state index in [1.165, 1.54) is 0 Å². The maximum Gasteiger partial charge on any atom is 0.194 e. The summed E-state index contributed by atoms with van der Waals surface area (Å²) in [6.45, 7) is 9.95. The van der Waals surface area contributed by atoms with Gasteiger partial charge in [-0.2, -0.15) is 5.26 Å². The number of fused-ring (bicyclic) bond motifs is 1. The van der Waals surface area contributed by atoms with Crippen LogP contribution in [0.3, 0.4) is 0 Å². The van der Waals surface area contributed by atoms with Gasteiger partial charge in [0.05, 0.1) is 17.5 Å². The third-order valence-electron chi connectivity index (χ3n) is 3.31. The molecule has 0 aliphatic carbocycles. The summed E-state index contributed by atoms with van der Waals surface area (Å²) in [5, 5.41) is 11.6. The summed E-state index contributed by atoms with van der Waals surface area (Å²) in [5.41, 5.74) is 3.14. The number of aryl methyl sites for hydroxylation is 2. The molecular formula is C13H18N4S. The number of hydrogen-bond acceptors (Lipinski definition) is 4. The van der Waals surface area contributed by atoms with Gasteiger partial charge in [-0.1, -0.05) is 13.8 Å². The average molecular weight is 262 g/mol. The predicted octanol–water partition coefficient (Wildman–Crippen LogP) is 2.92. The lowest BCUT2D eigenvalue weighted by atomic mass is 10.1. The molecule has 0 aliphatic rings. The lowest BCUT2D eigenvalue weighted by Crippen LogP contribution is -2.28. The monoisotopic (exact) mass is 262 g/mol. The molecular weight excluding hydrogens is 244 g/mol. The first-order valence-electron chi connectivity index (χ1n) is 6.20. The molecule has 2 heterocycles. The molecule has 2 aromatic rings. The largest absolute Gasteiger partial charge is 0.289 e. The standard InChI is InChI=1S/C13H18N4S/c1-5-16(6-2)11(7-14)12-10(4)15-13-17(12)9(3)8-18-13/h8,11H,5-6H2,1-4H3. The van der Waals surface area contributed by atoms with E-state index in [0.717, 1.165) is 35.1 Å². The normalized spacial score (nSPS) is 13.1. The van der Waals surface area contributed by atoms with E-state index in [2.05, 4.69) is 46.5 Å². The van der Waals surface area contributed by atoms with Crippen LogP contribution in [0.2, 0.25) is 0 Å². The fourth-order valence-corrected chi connectivity index (χ4v) is 3.27. The van der Waals surface area contributed by atoms with Crippen molar-refractivity contribution in [1.29, 1.82) is 5.26 Å². The lowest BCUT2D eigenvalue weighted by Gasteiger charge is -2.24. The van der Waals surface area contributed by atoms with Gasteiger partial charge in [0.2, 0.25) is 0 Å². The highest BCUT2D eigenvalue weighted by Gasteiger charge is 2.25. The molecule has 0 fully saturated rings. The van der Waals surface area contributed by atoms with E-state index in [9.17, 15) is 5.26 Å². The van der Waals surface area contributed by atoms with Gasteiger partial charge in [0.1, 0.15) is 6.04 Å². The number of imidazole rings is 1. The van der Waals surface area contributed by atoms with Crippen LogP contribution in [0.25, 0.3) is 4.96 Å². The van der Waals surface area contributed by atoms with E-state index < -0.39 is 0 Å². The molecule has 0 aromatic carbocycles. The van der Waals surface area contributed by atoms with Crippen molar-refractivity contribution < 1.29 is 0 Å². The molecule has 5 heteroatoms. The molecule has 1 atom stereocenters. The third-order valence-corrected chi connectivity index (χ3v) is 4.26. The minimum Gasteiger partial charge on any atom is -0.289 e. The van der Waals surface area contributed by atoms with E-state index in [1.807, 2.05) is 6.92 Å². The molecule has 2 aromatic heterocycles. The van der Waals surface area contributed by atoms with Crippen LogP contribution in [0.5, 0.6) is 0 Å². The van der Waals surface area contributed by atoms with Gasteiger partial charge in [-0.05, 0) is 26.9 Å². The Morgan fingerprint density at radius 3 is 2.67 bits per heavy atom. The average Bonchev–Trinajstić information content (AvgIpc) is 2.86. The summed E-state index contributed by atoms with van der Waals surface area (Å²) in [6.07, 6.45) is 0. The van der Waals surface area contributed by atoms with Crippen LogP contribution in [-0.2, 0) is 0 Å². The van der Waals surface area contributed by atoms with Gasteiger partial charge in [0.25, 0.3) is 0 Å². The zero-order valence-electron chi connectivity index (χ0n) is 11.3. The van der Waals surface area contributed by atoms with Crippen molar-refractivity contribution in [3.63, 3.8) is 0 Å². The fourth-order valence-electron chi connectivity index (χ4n) is 2.35. The van der Waals surface area contributed by atoms with E-state index in [1.54, 1.807) is 11.3 Å². The molecule has 18 heavy (non-hydrogen) atoms. The second-order valence-corrected chi connectivity index (χ2v) is 5.17. The van der Waals surface area contributed by atoms with Crippen molar-refractivity contribution in [2.75, 3.05) is 13.1 Å². The topological polar surface area (TPSA) is 44.3 Å². The van der Waals surface area contributed by atoms with Gasteiger partial charge in [-0.25, -0.2) is 4.98 Å². The highest BCUT2D eigenvalue weighted by molar-refractivity contribution is 7.15. The first-order valence-corrected chi connectivity index (χ1v) is 7.08. The third kappa shape index (κ3) is 1.92. The Bertz CT molecular complexity index is 586. The summed E-state index contributed by atoms with van der Waals surface area (Å²) >= 11 is 1.63. The van der Waals surface area contributed by atoms with Gasteiger partial charge in [-0.3, -0.25) is 9.30 Å². The number of hydrogen-bond donors (Lipinski definition) is 0. The Balaban J connectivity index is 2.61. The number of thiazole rings is 1. The minimum absolute atomic E-state index is 0.219. The van der Waals surface area contributed by atoms with Gasteiger partial charge < -0.3 is 0 Å². The van der Waals surface area contributed by atoms with Gasteiger partial charge in [0, 0.05) is 11.1 Å². The van der Waals surface area contributed by atoms with Crippen molar-refractivity contribution in [3.8, 4) is 6.07 Å². The van der Waals surface area contributed by atoms with E-state index in [0.29, 0.717) is 0 Å². The first-order chi connectivity index (χ1) is 8.63. The highest BCUT2D eigenvalue weighted by Crippen LogP contribution is 2.28. The van der Waals surface area contributed by atoms with Crippen LogP contribution < -0.4 is 0 Å². The maximum absolute atomic E-state index is 9.51. The lowest BCUT2D eigenvalue weighted by molar-refractivity contribution is 0.257. The van der Waals surface area contributed by atoms with Gasteiger partial charge in [0.15, 0.2) is 4.96 Å². The molecule has 0 saturated heterocycles. The Morgan fingerprint density at radius 2 is 2.11 bits per heavy atom. The second-order valence-electron chi connectivity index (χ2n) is 4.33. The molecule has 4 nitrogen and oxygen atoms in total. The zero-order chi connectivity index (χ0) is 13.3. The molecule has 0 radical (unpaired) electrons. The number of nitriles is 1. The Morgan fingerprint density at radius 1 is 1.44 bits per heavy atom. The quantitative estimate of drug-likeness (QED) is 0.851. The number of rotatable bonds is 4. The number of nitrogens with zero attached hydrogens (tertiary/aromatic N) is 4. The predicted molar refractivity (Wildman–Crippen MR) is 73.8 cm³/mol. The molecule has 0 saturated carbocycles. The van der Waals surface area contributed by atoms with E-state index in [4.69, 9.17) is 0 Å².